The van der Waals surface area contributed by atoms with Crippen molar-refractivity contribution in [1.82, 2.24) is 10.2 Å². The highest BCUT2D eigenvalue weighted by Crippen LogP contribution is 2.29. The Labute approximate surface area is 98.2 Å². The Balaban J connectivity index is 2.59. The first-order chi connectivity index (χ1) is 8.11. The predicted octanol–water partition coefficient (Wildman–Crippen LogP) is 1.34. The lowest BCUT2D eigenvalue weighted by Gasteiger charge is -2.08. The monoisotopic (exact) mass is 231 g/mol. The van der Waals surface area contributed by atoms with Crippen LogP contribution in [0.25, 0.3) is 11.3 Å². The van der Waals surface area contributed by atoms with Crippen LogP contribution < -0.4 is 16.0 Å². The lowest BCUT2D eigenvalue weighted by atomic mass is 10.1. The molecular weight excluding hydrogens is 218 g/mol. The van der Waals surface area contributed by atoms with Gasteiger partial charge in [0.05, 0.1) is 12.8 Å². The Hall–Kier alpha value is -2.30. The molecule has 0 fully saturated rings. The van der Waals surface area contributed by atoms with Crippen molar-refractivity contribution in [3.05, 3.63) is 40.2 Å². The summed E-state index contributed by atoms with van der Waals surface area (Å²) in [6.45, 7) is 1.97. The van der Waals surface area contributed by atoms with Crippen LogP contribution in [0.5, 0.6) is 5.75 Å². The third-order valence-corrected chi connectivity index (χ3v) is 2.47. The van der Waals surface area contributed by atoms with Gasteiger partial charge in [-0.05, 0) is 30.7 Å². The molecule has 0 aliphatic carbocycles. The Kier molecular flexibility index (Phi) is 2.82. The van der Waals surface area contributed by atoms with E-state index < -0.39 is 0 Å². The molecule has 1 aromatic heterocycles. The summed E-state index contributed by atoms with van der Waals surface area (Å²) in [6.07, 6.45) is 0. The smallest absolute Gasteiger partial charge is 0.287 e. The number of nitrogens with one attached hydrogen (secondary N) is 1. The highest BCUT2D eigenvalue weighted by Gasteiger charge is 2.08. The number of benzene rings is 1. The second kappa shape index (κ2) is 4.29. The molecule has 5 nitrogen and oxygen atoms in total. The van der Waals surface area contributed by atoms with Crippen LogP contribution in [-0.4, -0.2) is 17.3 Å². The van der Waals surface area contributed by atoms with E-state index in [-0.39, 0.29) is 11.2 Å². The van der Waals surface area contributed by atoms with E-state index in [1.807, 2.05) is 25.1 Å². The van der Waals surface area contributed by atoms with Gasteiger partial charge in [-0.2, -0.15) is 5.10 Å². The number of aromatic amines is 1. The summed E-state index contributed by atoms with van der Waals surface area (Å²) >= 11 is 0. The Bertz CT molecular complexity index is 605. The molecule has 1 heterocycles. The van der Waals surface area contributed by atoms with E-state index in [2.05, 4.69) is 10.2 Å². The van der Waals surface area contributed by atoms with Gasteiger partial charge in [0.1, 0.15) is 11.4 Å². The Morgan fingerprint density at radius 3 is 2.76 bits per heavy atom. The van der Waals surface area contributed by atoms with Gasteiger partial charge in [0.25, 0.3) is 5.56 Å². The van der Waals surface area contributed by atoms with E-state index >= 15 is 0 Å². The summed E-state index contributed by atoms with van der Waals surface area (Å²) in [6, 6.07) is 7.26. The number of anilines is 1. The zero-order valence-electron chi connectivity index (χ0n) is 9.65. The molecule has 5 heteroatoms. The van der Waals surface area contributed by atoms with Crippen LogP contribution in [0.3, 0.4) is 0 Å². The minimum absolute atomic E-state index is 0.137. The van der Waals surface area contributed by atoms with Crippen LogP contribution in [0.4, 0.5) is 5.69 Å². The van der Waals surface area contributed by atoms with Gasteiger partial charge in [-0.15, -0.1) is 0 Å². The van der Waals surface area contributed by atoms with Crippen molar-refractivity contribution < 1.29 is 4.74 Å². The summed E-state index contributed by atoms with van der Waals surface area (Å²) in [5.41, 5.74) is 7.76. The molecule has 0 saturated carbocycles. The SMILES string of the molecule is COc1cc(C)ccc1-c1cc(N)c(=O)[nH]n1. The van der Waals surface area contributed by atoms with Gasteiger partial charge in [0, 0.05) is 5.56 Å². The van der Waals surface area contributed by atoms with Crippen LogP contribution in [0.1, 0.15) is 5.56 Å². The fraction of sp³-hybridized carbons (Fsp3) is 0.167. The van der Waals surface area contributed by atoms with E-state index in [0.29, 0.717) is 11.4 Å². The van der Waals surface area contributed by atoms with Crippen LogP contribution in [0.15, 0.2) is 29.1 Å². The molecule has 0 bridgehead atoms. The van der Waals surface area contributed by atoms with Crippen molar-refractivity contribution in [2.45, 2.75) is 6.92 Å². The first kappa shape index (κ1) is 11.2. The zero-order chi connectivity index (χ0) is 12.4. The molecule has 3 N–H and O–H groups in total. The number of nitrogens with two attached hydrogens (primary N) is 1. The molecule has 1 aromatic carbocycles. The minimum Gasteiger partial charge on any atom is -0.496 e. The van der Waals surface area contributed by atoms with Gasteiger partial charge in [0.15, 0.2) is 0 Å². The van der Waals surface area contributed by atoms with Gasteiger partial charge in [-0.1, -0.05) is 6.07 Å². The summed E-state index contributed by atoms with van der Waals surface area (Å²) in [5, 5.41) is 6.30. The molecule has 2 aromatic rings. The second-order valence-corrected chi connectivity index (χ2v) is 3.74. The lowest BCUT2D eigenvalue weighted by molar-refractivity contribution is 0.416. The standard InChI is InChI=1S/C12H13N3O2/c1-7-3-4-8(11(5-7)17-2)10-6-9(13)12(16)15-14-10/h3-6H,1-2H3,(H2,13,14)(H,15,16). The fourth-order valence-corrected chi connectivity index (χ4v) is 1.57. The van der Waals surface area contributed by atoms with Crippen molar-refractivity contribution in [3.63, 3.8) is 0 Å². The molecule has 0 unspecified atom stereocenters. The maximum Gasteiger partial charge on any atom is 0.287 e. The van der Waals surface area contributed by atoms with Crippen LogP contribution in [-0.2, 0) is 0 Å². The number of hydrogen-bond donors (Lipinski definition) is 2. The van der Waals surface area contributed by atoms with Crippen molar-refractivity contribution in [3.8, 4) is 17.0 Å². The summed E-state index contributed by atoms with van der Waals surface area (Å²) < 4.78 is 5.28. The van der Waals surface area contributed by atoms with E-state index in [9.17, 15) is 4.79 Å². The topological polar surface area (TPSA) is 81.0 Å². The van der Waals surface area contributed by atoms with E-state index in [4.69, 9.17) is 10.5 Å². The van der Waals surface area contributed by atoms with Gasteiger partial charge in [-0.3, -0.25) is 4.79 Å². The molecular formula is C12H13N3O2. The number of nitrogen functional groups attached to an aromatic ring is 1. The van der Waals surface area contributed by atoms with Gasteiger partial charge in [-0.25, -0.2) is 5.10 Å². The van der Waals surface area contributed by atoms with Crippen molar-refractivity contribution in [2.24, 2.45) is 0 Å². The average Bonchev–Trinajstić information content (AvgIpc) is 2.32. The molecule has 0 aliphatic heterocycles. The van der Waals surface area contributed by atoms with Crippen molar-refractivity contribution >= 4 is 5.69 Å². The van der Waals surface area contributed by atoms with E-state index in [0.717, 1.165) is 11.1 Å². The molecule has 0 atom stereocenters. The highest BCUT2D eigenvalue weighted by molar-refractivity contribution is 5.69. The van der Waals surface area contributed by atoms with Gasteiger partial charge >= 0.3 is 0 Å². The third-order valence-electron chi connectivity index (χ3n) is 2.47. The maximum absolute atomic E-state index is 11.1. The Morgan fingerprint density at radius 1 is 1.35 bits per heavy atom. The number of aryl methyl sites for hydroxylation is 1. The third kappa shape index (κ3) is 2.13. The van der Waals surface area contributed by atoms with Crippen molar-refractivity contribution in [1.29, 1.82) is 0 Å². The second-order valence-electron chi connectivity index (χ2n) is 3.74. The summed E-state index contributed by atoms with van der Waals surface area (Å²) in [4.78, 5) is 11.1. The lowest BCUT2D eigenvalue weighted by Crippen LogP contribution is -2.13. The number of aromatic nitrogens is 2. The molecule has 88 valence electrons. The molecule has 0 radical (unpaired) electrons. The number of ether oxygens (including phenoxy) is 1. The number of rotatable bonds is 2. The number of methoxy groups -OCH3 is 1. The quantitative estimate of drug-likeness (QED) is 0.817. The first-order valence-corrected chi connectivity index (χ1v) is 5.12. The number of hydrogen-bond acceptors (Lipinski definition) is 4. The first-order valence-electron chi connectivity index (χ1n) is 5.12. The molecule has 17 heavy (non-hydrogen) atoms. The Morgan fingerprint density at radius 2 is 2.12 bits per heavy atom. The van der Waals surface area contributed by atoms with Gasteiger partial charge in [0.2, 0.25) is 0 Å². The van der Waals surface area contributed by atoms with E-state index in [1.165, 1.54) is 6.07 Å². The van der Waals surface area contributed by atoms with Crippen LogP contribution in [0.2, 0.25) is 0 Å². The molecule has 0 amide bonds. The predicted molar refractivity (Wildman–Crippen MR) is 66.0 cm³/mol. The highest BCUT2D eigenvalue weighted by atomic mass is 16.5. The zero-order valence-corrected chi connectivity index (χ0v) is 9.65. The van der Waals surface area contributed by atoms with Crippen LogP contribution >= 0.6 is 0 Å². The maximum atomic E-state index is 11.1. The van der Waals surface area contributed by atoms with Crippen molar-refractivity contribution in [2.75, 3.05) is 12.8 Å². The summed E-state index contributed by atoms with van der Waals surface area (Å²) in [7, 11) is 1.59. The molecule has 0 aliphatic rings. The minimum atomic E-state index is -0.389. The average molecular weight is 231 g/mol. The van der Waals surface area contributed by atoms with Crippen LogP contribution in [0, 0.1) is 6.92 Å². The van der Waals surface area contributed by atoms with E-state index in [1.54, 1.807) is 7.11 Å². The molecule has 0 saturated heterocycles. The largest absolute Gasteiger partial charge is 0.496 e. The summed E-state index contributed by atoms with van der Waals surface area (Å²) in [5.74, 6) is 0.698. The molecule has 2 rings (SSSR count). The normalized spacial score (nSPS) is 10.2. The molecule has 0 spiro atoms. The number of H-pyrrole nitrogens is 1. The van der Waals surface area contributed by atoms with Gasteiger partial charge < -0.3 is 10.5 Å². The number of nitrogens with zero attached hydrogens (tertiary/aromatic N) is 1. The fourth-order valence-electron chi connectivity index (χ4n) is 1.57.